The summed E-state index contributed by atoms with van der Waals surface area (Å²) in [4.78, 5) is 39.9. The minimum Gasteiger partial charge on any atom is -0.479 e. The number of hydrogen-bond donors (Lipinski definition) is 2. The van der Waals surface area contributed by atoms with E-state index in [1.54, 1.807) is 26.8 Å². The van der Waals surface area contributed by atoms with E-state index in [-0.39, 0.29) is 18.9 Å². The van der Waals surface area contributed by atoms with Crippen molar-refractivity contribution in [2.75, 3.05) is 0 Å². The van der Waals surface area contributed by atoms with Gasteiger partial charge >= 0.3 is 18.0 Å². The molecule has 1 aliphatic rings. The van der Waals surface area contributed by atoms with E-state index < -0.39 is 29.2 Å². The molecule has 1 unspecified atom stereocenters. The zero-order valence-corrected chi connectivity index (χ0v) is 13.0. The van der Waals surface area contributed by atoms with Crippen molar-refractivity contribution < 1.29 is 29.1 Å². The van der Waals surface area contributed by atoms with Gasteiger partial charge in [-0.05, 0) is 40.0 Å². The first-order chi connectivity index (χ1) is 10.0. The Kier molecular flexibility index (Phi) is 5.18. The molecular formula is C14H22N2O6. The first kappa shape index (κ1) is 18.0. The second-order valence-electron chi connectivity index (χ2n) is 6.14. The van der Waals surface area contributed by atoms with E-state index in [1.807, 2.05) is 0 Å². The lowest BCUT2D eigenvalue weighted by Gasteiger charge is -2.29. The van der Waals surface area contributed by atoms with Crippen LogP contribution >= 0.6 is 0 Å². The molecule has 0 aromatic carbocycles. The van der Waals surface area contributed by atoms with Gasteiger partial charge in [-0.2, -0.15) is 0 Å². The number of nitrogens with two attached hydrogens (primary N) is 1. The van der Waals surface area contributed by atoms with Crippen LogP contribution in [-0.4, -0.2) is 45.4 Å². The van der Waals surface area contributed by atoms with Crippen LogP contribution in [0.1, 0.15) is 40.0 Å². The maximum Gasteiger partial charge on any atom is 0.469 e. The molecule has 1 aliphatic heterocycles. The number of nitrogens with zero attached hydrogens (tertiary/aromatic N) is 1. The van der Waals surface area contributed by atoms with Gasteiger partial charge in [-0.25, -0.2) is 14.4 Å². The molecule has 0 saturated carbocycles. The molecule has 2 atom stereocenters. The second-order valence-corrected chi connectivity index (χ2v) is 6.14. The number of rotatable bonds is 8. The fraction of sp³-hybridized carbons (Fsp3) is 0.643. The Bertz CT molecular complexity index is 484. The maximum absolute atomic E-state index is 12.4. The molecule has 0 spiro atoms. The van der Waals surface area contributed by atoms with Gasteiger partial charge in [-0.15, -0.1) is 11.6 Å². The minimum atomic E-state index is -2.22. The van der Waals surface area contributed by atoms with Gasteiger partial charge in [-0.3, -0.25) is 0 Å². The largest absolute Gasteiger partial charge is 0.479 e. The topological polar surface area (TPSA) is 122 Å². The lowest BCUT2D eigenvalue weighted by atomic mass is 9.90. The van der Waals surface area contributed by atoms with Crippen LogP contribution in [0.5, 0.6) is 0 Å². The molecule has 0 radical (unpaired) electrons. The average molecular weight is 314 g/mol. The quantitative estimate of drug-likeness (QED) is 0.299. The van der Waals surface area contributed by atoms with Crippen LogP contribution in [0.15, 0.2) is 12.7 Å². The van der Waals surface area contributed by atoms with Crippen LogP contribution in [0.2, 0.25) is 0 Å². The smallest absolute Gasteiger partial charge is 0.469 e. The fourth-order valence-electron chi connectivity index (χ4n) is 1.95. The molecule has 3 N–H and O–H groups in total. The highest BCUT2D eigenvalue weighted by Gasteiger charge is 2.65. The first-order valence-electron chi connectivity index (χ1n) is 6.90. The fourth-order valence-corrected chi connectivity index (χ4v) is 1.95. The Hall–Kier alpha value is -2.09. The van der Waals surface area contributed by atoms with Gasteiger partial charge in [0.25, 0.3) is 5.54 Å². The predicted molar refractivity (Wildman–Crippen MR) is 76.6 cm³/mol. The van der Waals surface area contributed by atoms with Crippen LogP contribution in [-0.2, 0) is 19.2 Å². The predicted octanol–water partition coefficient (Wildman–Crippen LogP) is 1.20. The highest BCUT2D eigenvalue weighted by atomic mass is 16.9. The Morgan fingerprint density at radius 1 is 1.50 bits per heavy atom. The van der Waals surface area contributed by atoms with Gasteiger partial charge < -0.3 is 20.4 Å². The number of carboxylic acid groups (broad SMARTS) is 1. The summed E-state index contributed by atoms with van der Waals surface area (Å²) in [6.45, 7) is 8.36. The lowest BCUT2D eigenvalue weighted by molar-refractivity contribution is -0.181. The third-order valence-electron chi connectivity index (χ3n) is 3.09. The molecule has 22 heavy (non-hydrogen) atoms. The summed E-state index contributed by atoms with van der Waals surface area (Å²) in [6, 6.07) is -0.381. The van der Waals surface area contributed by atoms with Crippen LogP contribution in [0.3, 0.4) is 0 Å². The minimum absolute atomic E-state index is 0.185. The third kappa shape index (κ3) is 3.97. The molecule has 1 fully saturated rings. The lowest BCUT2D eigenvalue weighted by Crippen LogP contribution is -2.56. The van der Waals surface area contributed by atoms with E-state index in [0.29, 0.717) is 11.5 Å². The van der Waals surface area contributed by atoms with Crippen LogP contribution in [0.25, 0.3) is 0 Å². The number of hydrogen-bond acceptors (Lipinski definition) is 6. The maximum atomic E-state index is 12.4. The van der Waals surface area contributed by atoms with Gasteiger partial charge in [0.15, 0.2) is 0 Å². The first-order valence-corrected chi connectivity index (χ1v) is 6.90. The van der Waals surface area contributed by atoms with Crippen molar-refractivity contribution in [1.82, 2.24) is 5.06 Å². The Balaban J connectivity index is 3.02. The molecule has 124 valence electrons. The third-order valence-corrected chi connectivity index (χ3v) is 3.09. The number of carbonyl (C=O) groups excluding carboxylic acids is 2. The van der Waals surface area contributed by atoms with Gasteiger partial charge in [0, 0.05) is 6.04 Å². The second kappa shape index (κ2) is 6.35. The number of carboxylic acids is 1. The van der Waals surface area contributed by atoms with Gasteiger partial charge in [0.05, 0.1) is 0 Å². The molecular weight excluding hydrogens is 292 g/mol. The zero-order valence-electron chi connectivity index (χ0n) is 13.0. The van der Waals surface area contributed by atoms with Crippen molar-refractivity contribution >= 4 is 18.0 Å². The number of carbonyl (C=O) groups is 3. The van der Waals surface area contributed by atoms with Crippen molar-refractivity contribution in [2.24, 2.45) is 5.73 Å². The summed E-state index contributed by atoms with van der Waals surface area (Å²) in [5.74, 6) is -2.57. The average Bonchev–Trinajstić information content (AvgIpc) is 3.05. The molecule has 8 nitrogen and oxygen atoms in total. The van der Waals surface area contributed by atoms with Gasteiger partial charge in [0.1, 0.15) is 5.60 Å². The highest BCUT2D eigenvalue weighted by molar-refractivity contribution is 6.08. The molecule has 0 aliphatic carbocycles. The zero-order chi connectivity index (χ0) is 17.1. The normalized spacial score (nSPS) is 18.0. The number of ether oxygens (including phenoxy) is 1. The van der Waals surface area contributed by atoms with Crippen molar-refractivity contribution in [1.29, 1.82) is 0 Å². The highest BCUT2D eigenvalue weighted by Crippen LogP contribution is 2.34. The number of aliphatic carboxylic acids is 1. The Labute approximate surface area is 128 Å². The van der Waals surface area contributed by atoms with E-state index >= 15 is 0 Å². The molecule has 8 heteroatoms. The molecule has 1 saturated heterocycles. The SMILES string of the molecule is C=CCC(N)CC[C@@](C(=O)O)(C(=O)OC(C)(C)C)N1OC1=O. The van der Waals surface area contributed by atoms with E-state index in [9.17, 15) is 19.5 Å². The summed E-state index contributed by atoms with van der Waals surface area (Å²) in [7, 11) is 0. The molecule has 0 aromatic rings. The summed E-state index contributed by atoms with van der Waals surface area (Å²) < 4.78 is 5.15. The van der Waals surface area contributed by atoms with Crippen molar-refractivity contribution in [3.8, 4) is 0 Å². The van der Waals surface area contributed by atoms with Gasteiger partial charge in [0.2, 0.25) is 0 Å². The van der Waals surface area contributed by atoms with E-state index in [0.717, 1.165) is 0 Å². The standard InChI is InChI=1S/C14H22N2O6/c1-5-6-9(15)7-8-14(10(17)18,16-12(20)22-16)11(19)21-13(2,3)4/h5,9H,1,6-8,15H2,2-4H3,(H,17,18)/t9?,14-,16?/m1/s1. The summed E-state index contributed by atoms with van der Waals surface area (Å²) in [5.41, 5.74) is 2.69. The Morgan fingerprint density at radius 3 is 2.41 bits per heavy atom. The number of esters is 1. The molecule has 0 aromatic heterocycles. The van der Waals surface area contributed by atoms with Gasteiger partial charge in [-0.1, -0.05) is 6.08 Å². The van der Waals surface area contributed by atoms with E-state index in [4.69, 9.17) is 10.5 Å². The summed E-state index contributed by atoms with van der Waals surface area (Å²) >= 11 is 0. The summed E-state index contributed by atoms with van der Waals surface area (Å²) in [6.07, 6.45) is 1.15. The monoisotopic (exact) mass is 314 g/mol. The van der Waals surface area contributed by atoms with Crippen molar-refractivity contribution in [3.05, 3.63) is 12.7 Å². The number of amides is 1. The Morgan fingerprint density at radius 2 is 2.05 bits per heavy atom. The van der Waals surface area contributed by atoms with Crippen LogP contribution in [0, 0.1) is 0 Å². The van der Waals surface area contributed by atoms with Crippen molar-refractivity contribution in [3.63, 3.8) is 0 Å². The van der Waals surface area contributed by atoms with Crippen LogP contribution < -0.4 is 5.73 Å². The van der Waals surface area contributed by atoms with E-state index in [2.05, 4.69) is 11.4 Å². The van der Waals surface area contributed by atoms with E-state index in [1.165, 1.54) is 0 Å². The van der Waals surface area contributed by atoms with Crippen LogP contribution in [0.4, 0.5) is 4.79 Å². The van der Waals surface area contributed by atoms with Crippen molar-refractivity contribution in [2.45, 2.75) is 57.2 Å². The summed E-state index contributed by atoms with van der Waals surface area (Å²) in [5, 5.41) is 10.1. The molecule has 1 heterocycles. The molecule has 0 bridgehead atoms. The molecule has 1 rings (SSSR count). The molecule has 1 amide bonds. The number of hydroxylamine groups is 2.